The molecule has 1 rings (SSSR count). The number of benzene rings is 1. The zero-order chi connectivity index (χ0) is 10.0. The molecule has 14 heavy (non-hydrogen) atoms. The fraction of sp³-hybridized carbons (Fsp3) is 0. The summed E-state index contributed by atoms with van der Waals surface area (Å²) >= 11 is 0. The van der Waals surface area contributed by atoms with Gasteiger partial charge < -0.3 is 26.3 Å². The van der Waals surface area contributed by atoms with Crippen LogP contribution in [-0.4, -0.2) is 26.4 Å². The molecule has 0 aliphatic carbocycles. The van der Waals surface area contributed by atoms with Crippen LogP contribution in [-0.2, 0) is 0 Å². The molecule has 0 atom stereocenters. The van der Waals surface area contributed by atoms with Gasteiger partial charge in [-0.05, 0) is 12.1 Å². The summed E-state index contributed by atoms with van der Waals surface area (Å²) in [6.45, 7) is 0. The van der Waals surface area contributed by atoms with Crippen molar-refractivity contribution in [2.45, 2.75) is 0 Å². The van der Waals surface area contributed by atoms with Crippen molar-refractivity contribution in [1.82, 2.24) is 0 Å². The van der Waals surface area contributed by atoms with Crippen LogP contribution in [0.4, 0.5) is 0 Å². The number of phenolic OH excluding ortho intramolecular Hbond substituents is 3. The van der Waals surface area contributed by atoms with Crippen LogP contribution < -0.4 is 5.73 Å². The van der Waals surface area contributed by atoms with E-state index in [4.69, 9.17) is 21.2 Å². The third-order valence-electron chi connectivity index (χ3n) is 1.51. The van der Waals surface area contributed by atoms with Gasteiger partial charge in [-0.2, -0.15) is 0 Å². The molecule has 0 saturated carbocycles. The van der Waals surface area contributed by atoms with Crippen LogP contribution in [0.25, 0.3) is 0 Å². The first kappa shape index (κ1) is 12.2. The molecule has 6 N–H and O–H groups in total. The van der Waals surface area contributed by atoms with Gasteiger partial charge >= 0.3 is 0 Å². The first-order chi connectivity index (χ1) is 6.07. The monoisotopic (exact) mass is 220 g/mol. The van der Waals surface area contributed by atoms with Crippen molar-refractivity contribution in [3.63, 3.8) is 0 Å². The molecule has 78 valence electrons. The van der Waals surface area contributed by atoms with Crippen molar-refractivity contribution in [3.8, 4) is 17.2 Å². The van der Waals surface area contributed by atoms with Gasteiger partial charge in [-0.3, -0.25) is 0 Å². The Labute approximate surface area is 85.3 Å². The second-order valence-corrected chi connectivity index (χ2v) is 2.31. The minimum absolute atomic E-state index is 0. The Bertz CT molecular complexity index is 367. The summed E-state index contributed by atoms with van der Waals surface area (Å²) in [7, 11) is 0. The molecule has 0 bridgehead atoms. The zero-order valence-corrected chi connectivity index (χ0v) is 7.69. The largest absolute Gasteiger partial charge is 0.504 e. The summed E-state index contributed by atoms with van der Waals surface area (Å²) in [5.74, 6) is -2.17. The SMILES string of the molecule is Cl.NC(=NO)c1ccc(O)c(O)c1O. The average Bonchev–Trinajstić information content (AvgIpc) is 2.13. The van der Waals surface area contributed by atoms with E-state index in [0.29, 0.717) is 0 Å². The smallest absolute Gasteiger partial charge is 0.201 e. The number of hydrogen-bond acceptors (Lipinski definition) is 5. The lowest BCUT2D eigenvalue weighted by Crippen LogP contribution is -2.13. The van der Waals surface area contributed by atoms with E-state index >= 15 is 0 Å². The quantitative estimate of drug-likeness (QED) is 0.154. The summed E-state index contributed by atoms with van der Waals surface area (Å²) in [4.78, 5) is 0. The van der Waals surface area contributed by atoms with Crippen molar-refractivity contribution in [2.24, 2.45) is 10.9 Å². The highest BCUT2D eigenvalue weighted by molar-refractivity contribution is 6.00. The van der Waals surface area contributed by atoms with Gasteiger partial charge in [-0.25, -0.2) is 0 Å². The molecule has 1 aromatic carbocycles. The number of oxime groups is 1. The maximum absolute atomic E-state index is 9.20. The Morgan fingerprint density at radius 3 is 2.21 bits per heavy atom. The minimum atomic E-state index is -0.705. The number of hydrogen-bond donors (Lipinski definition) is 5. The van der Waals surface area contributed by atoms with Crippen molar-refractivity contribution in [2.75, 3.05) is 0 Å². The maximum atomic E-state index is 9.20. The lowest BCUT2D eigenvalue weighted by Gasteiger charge is -2.05. The molecule has 0 aliphatic rings. The van der Waals surface area contributed by atoms with Gasteiger partial charge in [0.1, 0.15) is 0 Å². The predicted octanol–water partition coefficient (Wildman–Crippen LogP) is 0.320. The zero-order valence-electron chi connectivity index (χ0n) is 6.88. The van der Waals surface area contributed by atoms with E-state index in [2.05, 4.69) is 5.16 Å². The lowest BCUT2D eigenvalue weighted by molar-refractivity contribution is 0.318. The fourth-order valence-electron chi connectivity index (χ4n) is 0.830. The van der Waals surface area contributed by atoms with Gasteiger partial charge in [0, 0.05) is 0 Å². The van der Waals surface area contributed by atoms with Gasteiger partial charge in [-0.15, -0.1) is 12.4 Å². The van der Waals surface area contributed by atoms with Crippen LogP contribution in [0.5, 0.6) is 17.2 Å². The first-order valence-corrected chi connectivity index (χ1v) is 3.29. The predicted molar refractivity (Wildman–Crippen MR) is 51.2 cm³/mol. The number of amidine groups is 1. The topological polar surface area (TPSA) is 119 Å². The van der Waals surface area contributed by atoms with E-state index < -0.39 is 17.2 Å². The molecule has 0 saturated heterocycles. The maximum Gasteiger partial charge on any atom is 0.201 e. The molecule has 0 aliphatic heterocycles. The number of rotatable bonds is 1. The standard InChI is InChI=1S/C7H8N2O4.ClH/c8-7(9-13)3-1-2-4(10)6(12)5(3)11;/h1-2,10-13H,(H2,8,9);1H. The molecule has 7 heteroatoms. The molecule has 0 aromatic heterocycles. The molecule has 0 spiro atoms. The number of aromatic hydroxyl groups is 3. The average molecular weight is 221 g/mol. The van der Waals surface area contributed by atoms with Crippen molar-refractivity contribution in [3.05, 3.63) is 17.7 Å². The van der Waals surface area contributed by atoms with E-state index in [1.54, 1.807) is 0 Å². The molecule has 0 unspecified atom stereocenters. The van der Waals surface area contributed by atoms with E-state index in [0.717, 1.165) is 6.07 Å². The Hall–Kier alpha value is -1.82. The van der Waals surface area contributed by atoms with Gasteiger partial charge in [0.25, 0.3) is 0 Å². The molecule has 6 nitrogen and oxygen atoms in total. The molecule has 0 radical (unpaired) electrons. The minimum Gasteiger partial charge on any atom is -0.504 e. The van der Waals surface area contributed by atoms with Gasteiger partial charge in [0.15, 0.2) is 17.3 Å². The Morgan fingerprint density at radius 2 is 1.71 bits per heavy atom. The number of halogens is 1. The summed E-state index contributed by atoms with van der Waals surface area (Å²) < 4.78 is 0. The molecule has 1 aromatic rings. The molecule has 0 heterocycles. The Balaban J connectivity index is 0.00000169. The highest BCUT2D eigenvalue weighted by Gasteiger charge is 2.13. The van der Waals surface area contributed by atoms with E-state index in [1.807, 2.05) is 0 Å². The summed E-state index contributed by atoms with van der Waals surface area (Å²) in [6, 6.07) is 2.32. The second kappa shape index (κ2) is 4.43. The number of phenols is 3. The van der Waals surface area contributed by atoms with Crippen LogP contribution >= 0.6 is 12.4 Å². The normalized spacial score (nSPS) is 10.7. The molecule has 0 amide bonds. The fourth-order valence-corrected chi connectivity index (χ4v) is 0.830. The van der Waals surface area contributed by atoms with Crippen LogP contribution in [0.1, 0.15) is 5.56 Å². The molecule has 0 fully saturated rings. The number of nitrogens with two attached hydrogens (primary N) is 1. The van der Waals surface area contributed by atoms with Crippen LogP contribution in [0.2, 0.25) is 0 Å². The summed E-state index contributed by atoms with van der Waals surface area (Å²) in [6.07, 6.45) is 0. The lowest BCUT2D eigenvalue weighted by atomic mass is 10.1. The highest BCUT2D eigenvalue weighted by atomic mass is 35.5. The summed E-state index contributed by atoms with van der Waals surface area (Å²) in [5.41, 5.74) is 5.10. The highest BCUT2D eigenvalue weighted by Crippen LogP contribution is 2.36. The van der Waals surface area contributed by atoms with E-state index in [-0.39, 0.29) is 23.8 Å². The van der Waals surface area contributed by atoms with Gasteiger partial charge in [-0.1, -0.05) is 5.16 Å². The van der Waals surface area contributed by atoms with Crippen LogP contribution in [0.15, 0.2) is 17.3 Å². The summed E-state index contributed by atoms with van der Waals surface area (Å²) in [5, 5.41) is 38.1. The second-order valence-electron chi connectivity index (χ2n) is 2.31. The first-order valence-electron chi connectivity index (χ1n) is 3.29. The van der Waals surface area contributed by atoms with Crippen LogP contribution in [0, 0.1) is 0 Å². The molecular weight excluding hydrogens is 212 g/mol. The van der Waals surface area contributed by atoms with Crippen molar-refractivity contribution < 1.29 is 20.5 Å². The van der Waals surface area contributed by atoms with Gasteiger partial charge in [0.2, 0.25) is 5.75 Å². The molecular formula is C7H9ClN2O4. The Kier molecular flexibility index (Phi) is 3.85. The van der Waals surface area contributed by atoms with Gasteiger partial charge in [0.05, 0.1) is 5.56 Å². The van der Waals surface area contributed by atoms with Crippen molar-refractivity contribution in [1.29, 1.82) is 0 Å². The van der Waals surface area contributed by atoms with E-state index in [9.17, 15) is 5.11 Å². The van der Waals surface area contributed by atoms with Crippen molar-refractivity contribution >= 4 is 18.2 Å². The number of nitrogens with zero attached hydrogens (tertiary/aromatic N) is 1. The Morgan fingerprint density at radius 1 is 1.14 bits per heavy atom. The third kappa shape index (κ3) is 1.91. The van der Waals surface area contributed by atoms with E-state index in [1.165, 1.54) is 6.07 Å². The van der Waals surface area contributed by atoms with Crippen LogP contribution in [0.3, 0.4) is 0 Å². The third-order valence-corrected chi connectivity index (χ3v) is 1.51.